The van der Waals surface area contributed by atoms with Crippen LogP contribution in [0.3, 0.4) is 0 Å². The largest absolute Gasteiger partial charge is 0.495 e. The quantitative estimate of drug-likeness (QED) is 0.290. The standard InChI is InChI=1S/C28H25N3O6S/c1-33-19-11-12-20(34-2)25-23(19)30-28(38-25)31-26(17-9-7-6-8-10-17)29-18(27(31)32)13-16-14-21(35-3)24(37-5)22(15-16)36-4/h6-15H,1-5H3/b18-13+. The smallest absolute Gasteiger partial charge is 0.284 e. The summed E-state index contributed by atoms with van der Waals surface area (Å²) >= 11 is 1.33. The van der Waals surface area contributed by atoms with E-state index in [-0.39, 0.29) is 11.6 Å². The number of aromatic nitrogens is 1. The van der Waals surface area contributed by atoms with Gasteiger partial charge in [0.1, 0.15) is 33.2 Å². The van der Waals surface area contributed by atoms with E-state index >= 15 is 0 Å². The first-order valence-electron chi connectivity index (χ1n) is 11.5. The lowest BCUT2D eigenvalue weighted by molar-refractivity contribution is -0.113. The molecular formula is C28H25N3O6S. The van der Waals surface area contributed by atoms with Crippen LogP contribution in [-0.2, 0) is 4.79 Å². The molecule has 0 bridgehead atoms. The molecule has 2 heterocycles. The lowest BCUT2D eigenvalue weighted by atomic mass is 10.1. The molecule has 38 heavy (non-hydrogen) atoms. The number of methoxy groups -OCH3 is 5. The van der Waals surface area contributed by atoms with E-state index < -0.39 is 0 Å². The van der Waals surface area contributed by atoms with Crippen molar-refractivity contribution < 1.29 is 28.5 Å². The molecule has 0 atom stereocenters. The zero-order valence-electron chi connectivity index (χ0n) is 21.5. The van der Waals surface area contributed by atoms with Gasteiger partial charge in [-0.25, -0.2) is 14.9 Å². The second-order valence-corrected chi connectivity index (χ2v) is 9.05. The molecule has 194 valence electrons. The van der Waals surface area contributed by atoms with Crippen molar-refractivity contribution in [2.45, 2.75) is 0 Å². The van der Waals surface area contributed by atoms with Crippen LogP contribution in [0.1, 0.15) is 11.1 Å². The van der Waals surface area contributed by atoms with Crippen LogP contribution < -0.4 is 28.6 Å². The Labute approximate surface area is 223 Å². The summed E-state index contributed by atoms with van der Waals surface area (Å²) in [6.45, 7) is 0. The van der Waals surface area contributed by atoms with E-state index in [1.165, 1.54) is 37.6 Å². The molecule has 0 fully saturated rings. The zero-order chi connectivity index (χ0) is 26.8. The van der Waals surface area contributed by atoms with Crippen LogP contribution in [-0.4, -0.2) is 52.3 Å². The summed E-state index contributed by atoms with van der Waals surface area (Å²) in [6.07, 6.45) is 1.68. The normalized spacial score (nSPS) is 14.1. The number of fused-ring (bicyclic) bond motifs is 1. The minimum Gasteiger partial charge on any atom is -0.495 e. The molecule has 0 aliphatic carbocycles. The van der Waals surface area contributed by atoms with Crippen molar-refractivity contribution in [3.05, 3.63) is 71.4 Å². The van der Waals surface area contributed by atoms with Gasteiger partial charge < -0.3 is 23.7 Å². The Morgan fingerprint density at radius 2 is 1.42 bits per heavy atom. The van der Waals surface area contributed by atoms with Gasteiger partial charge in [-0.05, 0) is 35.9 Å². The molecule has 1 aliphatic heterocycles. The number of carbonyl (C=O) groups excluding carboxylic acids is 1. The number of nitrogens with zero attached hydrogens (tertiary/aromatic N) is 3. The Kier molecular flexibility index (Phi) is 6.89. The number of anilines is 1. The molecule has 1 aromatic heterocycles. The van der Waals surface area contributed by atoms with Crippen LogP contribution in [0.2, 0.25) is 0 Å². The third-order valence-corrected chi connectivity index (χ3v) is 7.03. The van der Waals surface area contributed by atoms with Crippen LogP contribution >= 0.6 is 11.3 Å². The van der Waals surface area contributed by atoms with Gasteiger partial charge in [-0.3, -0.25) is 4.79 Å². The molecule has 0 N–H and O–H groups in total. The van der Waals surface area contributed by atoms with Crippen LogP contribution in [0.25, 0.3) is 16.3 Å². The molecule has 0 radical (unpaired) electrons. The number of rotatable bonds is 8. The molecule has 0 saturated carbocycles. The highest BCUT2D eigenvalue weighted by atomic mass is 32.1. The molecule has 4 aromatic rings. The number of thiazole rings is 1. The molecule has 10 heteroatoms. The summed E-state index contributed by atoms with van der Waals surface area (Å²) in [7, 11) is 7.79. The fourth-order valence-electron chi connectivity index (χ4n) is 4.19. The van der Waals surface area contributed by atoms with Crippen molar-refractivity contribution >= 4 is 44.5 Å². The van der Waals surface area contributed by atoms with E-state index in [0.717, 1.165) is 10.3 Å². The Balaban J connectivity index is 1.66. The predicted octanol–water partition coefficient (Wildman–Crippen LogP) is 5.17. The first-order chi connectivity index (χ1) is 18.5. The molecule has 0 saturated heterocycles. The minimum absolute atomic E-state index is 0.233. The van der Waals surface area contributed by atoms with Gasteiger partial charge in [-0.2, -0.15) is 0 Å². The van der Waals surface area contributed by atoms with Gasteiger partial charge >= 0.3 is 0 Å². The first-order valence-corrected chi connectivity index (χ1v) is 12.4. The second-order valence-electron chi connectivity index (χ2n) is 8.07. The fourth-order valence-corrected chi connectivity index (χ4v) is 5.26. The van der Waals surface area contributed by atoms with Crippen molar-refractivity contribution in [1.29, 1.82) is 0 Å². The fraction of sp³-hybridized carbons (Fsp3) is 0.179. The number of benzene rings is 3. The summed E-state index contributed by atoms with van der Waals surface area (Å²) in [5.41, 5.74) is 2.27. The van der Waals surface area contributed by atoms with Gasteiger partial charge in [0.2, 0.25) is 5.75 Å². The van der Waals surface area contributed by atoms with E-state index in [4.69, 9.17) is 33.7 Å². The number of amidine groups is 1. The molecular weight excluding hydrogens is 506 g/mol. The third kappa shape index (κ3) is 4.28. The maximum atomic E-state index is 13.9. The summed E-state index contributed by atoms with van der Waals surface area (Å²) in [5.74, 6) is 2.77. The summed E-state index contributed by atoms with van der Waals surface area (Å²) in [4.78, 5) is 24.9. The Morgan fingerprint density at radius 1 is 0.789 bits per heavy atom. The SMILES string of the molecule is COc1cc(/C=C2/N=C(c3ccccc3)N(c3nc4c(OC)ccc(OC)c4s3)C2=O)cc(OC)c1OC. The van der Waals surface area contributed by atoms with Crippen LogP contribution in [0.5, 0.6) is 28.7 Å². The zero-order valence-corrected chi connectivity index (χ0v) is 22.3. The molecule has 9 nitrogen and oxygen atoms in total. The van der Waals surface area contributed by atoms with Crippen molar-refractivity contribution in [3.8, 4) is 28.7 Å². The number of hydrogen-bond acceptors (Lipinski definition) is 9. The third-order valence-electron chi connectivity index (χ3n) is 5.97. The van der Waals surface area contributed by atoms with Crippen LogP contribution in [0.4, 0.5) is 5.13 Å². The number of amides is 1. The molecule has 3 aromatic carbocycles. The lowest BCUT2D eigenvalue weighted by Crippen LogP contribution is -2.32. The van der Waals surface area contributed by atoms with Crippen molar-refractivity contribution in [1.82, 2.24) is 4.98 Å². The summed E-state index contributed by atoms with van der Waals surface area (Å²) < 4.78 is 28.2. The highest BCUT2D eigenvalue weighted by Crippen LogP contribution is 2.42. The molecule has 0 unspecified atom stereocenters. The average molecular weight is 532 g/mol. The molecule has 0 spiro atoms. The number of aliphatic imine (C=N–C) groups is 1. The predicted molar refractivity (Wildman–Crippen MR) is 147 cm³/mol. The number of carbonyl (C=O) groups is 1. The van der Waals surface area contributed by atoms with E-state index in [0.29, 0.717) is 50.8 Å². The molecule has 1 amide bonds. The van der Waals surface area contributed by atoms with E-state index in [2.05, 4.69) is 0 Å². The second kappa shape index (κ2) is 10.4. The average Bonchev–Trinajstić information content (AvgIpc) is 3.53. The maximum absolute atomic E-state index is 13.9. The van der Waals surface area contributed by atoms with E-state index in [1.807, 2.05) is 36.4 Å². The lowest BCUT2D eigenvalue weighted by Gasteiger charge is -2.15. The van der Waals surface area contributed by atoms with Crippen LogP contribution in [0.15, 0.2) is 65.3 Å². The highest BCUT2D eigenvalue weighted by Gasteiger charge is 2.35. The number of ether oxygens (including phenoxy) is 5. The molecule has 1 aliphatic rings. The van der Waals surface area contributed by atoms with Crippen LogP contribution in [0, 0.1) is 0 Å². The monoisotopic (exact) mass is 531 g/mol. The summed E-state index contributed by atoms with van der Waals surface area (Å²) in [6, 6.07) is 16.6. The minimum atomic E-state index is -0.324. The Bertz CT molecular complexity index is 1510. The van der Waals surface area contributed by atoms with E-state index in [1.54, 1.807) is 38.5 Å². The maximum Gasteiger partial charge on any atom is 0.284 e. The number of hydrogen-bond donors (Lipinski definition) is 0. The topological polar surface area (TPSA) is 91.7 Å². The van der Waals surface area contributed by atoms with Gasteiger partial charge in [-0.15, -0.1) is 0 Å². The summed E-state index contributed by atoms with van der Waals surface area (Å²) in [5, 5.41) is 0.448. The van der Waals surface area contributed by atoms with Gasteiger partial charge in [0.25, 0.3) is 5.91 Å². The van der Waals surface area contributed by atoms with Crippen molar-refractivity contribution in [2.75, 3.05) is 40.4 Å². The van der Waals surface area contributed by atoms with Crippen molar-refractivity contribution in [2.24, 2.45) is 4.99 Å². The van der Waals surface area contributed by atoms with E-state index in [9.17, 15) is 4.79 Å². The Morgan fingerprint density at radius 3 is 2.03 bits per heavy atom. The molecule has 5 rings (SSSR count). The van der Waals surface area contributed by atoms with Gasteiger partial charge in [0.15, 0.2) is 16.6 Å². The Hall–Kier alpha value is -4.57. The van der Waals surface area contributed by atoms with Gasteiger partial charge in [0.05, 0.1) is 35.5 Å². The van der Waals surface area contributed by atoms with Gasteiger partial charge in [0, 0.05) is 5.56 Å². The first kappa shape index (κ1) is 25.1. The van der Waals surface area contributed by atoms with Gasteiger partial charge in [-0.1, -0.05) is 41.7 Å². The van der Waals surface area contributed by atoms with Crippen molar-refractivity contribution in [3.63, 3.8) is 0 Å². The highest BCUT2D eigenvalue weighted by molar-refractivity contribution is 7.23.